The van der Waals surface area contributed by atoms with E-state index in [0.29, 0.717) is 17.2 Å². The Balaban J connectivity index is 1.72. The van der Waals surface area contributed by atoms with Crippen LogP contribution in [0.1, 0.15) is 18.2 Å². The number of nitrogens with zero attached hydrogens (tertiary/aromatic N) is 5. The van der Waals surface area contributed by atoms with E-state index in [1.165, 1.54) is 6.33 Å². The minimum atomic E-state index is -0.0870. The van der Waals surface area contributed by atoms with Gasteiger partial charge in [-0.25, -0.2) is 9.67 Å². The van der Waals surface area contributed by atoms with E-state index in [9.17, 15) is 0 Å². The first kappa shape index (κ1) is 12.1. The number of fused-ring (bicyclic) bond motifs is 1. The maximum atomic E-state index is 5.91. The summed E-state index contributed by atoms with van der Waals surface area (Å²) in [5, 5.41) is 4.09. The molecular weight excluding hydrogens is 278 g/mol. The zero-order chi connectivity index (χ0) is 13.7. The topological polar surface area (TPSA) is 67.0 Å². The fraction of sp³-hybridized carbons (Fsp3) is 0.500. The fourth-order valence-corrected chi connectivity index (χ4v) is 2.86. The highest BCUT2D eigenvalue weighted by Gasteiger charge is 2.43. The van der Waals surface area contributed by atoms with Gasteiger partial charge in [0.05, 0.1) is 12.7 Å². The SMILES string of the molecule is Cc1cn([C@H]2C[C@H]3OC[C@H]3O2)c(=S)nc1-n1cncn1. The van der Waals surface area contributed by atoms with Gasteiger partial charge >= 0.3 is 0 Å². The average Bonchev–Trinajstić information content (AvgIpc) is 3.02. The van der Waals surface area contributed by atoms with Gasteiger partial charge in [0.1, 0.15) is 25.0 Å². The van der Waals surface area contributed by atoms with Gasteiger partial charge in [0.2, 0.25) is 4.77 Å². The summed E-state index contributed by atoms with van der Waals surface area (Å²) in [4.78, 5) is 8.37. The van der Waals surface area contributed by atoms with E-state index in [4.69, 9.17) is 21.7 Å². The fourth-order valence-electron chi connectivity index (χ4n) is 2.61. The number of aryl methyl sites for hydroxylation is 1. The Morgan fingerprint density at radius 2 is 2.30 bits per heavy atom. The lowest BCUT2D eigenvalue weighted by atomic mass is 10.1. The molecule has 7 nitrogen and oxygen atoms in total. The van der Waals surface area contributed by atoms with Crippen molar-refractivity contribution in [3.8, 4) is 5.82 Å². The molecule has 2 aliphatic heterocycles. The van der Waals surface area contributed by atoms with Crippen molar-refractivity contribution in [3.05, 3.63) is 29.2 Å². The average molecular weight is 291 g/mol. The smallest absolute Gasteiger partial charge is 0.203 e. The predicted octanol–water partition coefficient (Wildman–Crippen LogP) is 1.19. The summed E-state index contributed by atoms with van der Waals surface area (Å²) >= 11 is 5.38. The van der Waals surface area contributed by atoms with E-state index >= 15 is 0 Å². The molecule has 2 fully saturated rings. The maximum absolute atomic E-state index is 5.91. The van der Waals surface area contributed by atoms with Crippen molar-refractivity contribution in [1.82, 2.24) is 24.3 Å². The summed E-state index contributed by atoms with van der Waals surface area (Å²) in [5.41, 5.74) is 0.966. The summed E-state index contributed by atoms with van der Waals surface area (Å²) in [6.45, 7) is 2.65. The Kier molecular flexibility index (Phi) is 2.69. The Morgan fingerprint density at radius 1 is 1.40 bits per heavy atom. The lowest BCUT2D eigenvalue weighted by Gasteiger charge is -2.28. The molecule has 0 bridgehead atoms. The van der Waals surface area contributed by atoms with Gasteiger partial charge in [-0.15, -0.1) is 0 Å². The van der Waals surface area contributed by atoms with Crippen LogP contribution in [-0.4, -0.2) is 43.1 Å². The molecule has 2 aliphatic rings. The van der Waals surface area contributed by atoms with Crippen LogP contribution in [0.3, 0.4) is 0 Å². The van der Waals surface area contributed by atoms with Crippen molar-refractivity contribution in [2.45, 2.75) is 31.8 Å². The number of ether oxygens (including phenoxy) is 2. The monoisotopic (exact) mass is 291 g/mol. The van der Waals surface area contributed by atoms with E-state index < -0.39 is 0 Å². The lowest BCUT2D eigenvalue weighted by molar-refractivity contribution is -0.149. The Hall–Kier alpha value is -1.64. The predicted molar refractivity (Wildman–Crippen MR) is 71.0 cm³/mol. The first-order valence-electron chi connectivity index (χ1n) is 6.44. The standard InChI is InChI=1S/C12H13N5O2S/c1-7-3-16(10-2-8-9(19-10)4-18-8)12(20)15-11(7)17-6-13-5-14-17/h3,5-6,8-10H,2,4H2,1H3/t8-,9-,10-/m1/s1. The molecule has 3 atom stereocenters. The van der Waals surface area contributed by atoms with Gasteiger partial charge in [-0.1, -0.05) is 0 Å². The van der Waals surface area contributed by atoms with Crippen LogP contribution in [0.15, 0.2) is 18.9 Å². The molecule has 2 aromatic rings. The second-order valence-electron chi connectivity index (χ2n) is 5.01. The van der Waals surface area contributed by atoms with Crippen molar-refractivity contribution in [3.63, 3.8) is 0 Å². The summed E-state index contributed by atoms with van der Waals surface area (Å²) < 4.78 is 15.3. The van der Waals surface area contributed by atoms with Crippen molar-refractivity contribution in [2.24, 2.45) is 0 Å². The Labute approximate surface area is 120 Å². The highest BCUT2D eigenvalue weighted by atomic mass is 32.1. The van der Waals surface area contributed by atoms with Crippen LogP contribution in [0, 0.1) is 11.7 Å². The highest BCUT2D eigenvalue weighted by Crippen LogP contribution is 2.36. The molecule has 0 saturated carbocycles. The zero-order valence-corrected chi connectivity index (χ0v) is 11.7. The third-order valence-corrected chi connectivity index (χ3v) is 4.01. The third kappa shape index (κ3) is 1.80. The molecular formula is C12H13N5O2S. The highest BCUT2D eigenvalue weighted by molar-refractivity contribution is 7.71. The van der Waals surface area contributed by atoms with Gasteiger partial charge in [-0.3, -0.25) is 4.57 Å². The number of hydrogen-bond acceptors (Lipinski definition) is 6. The maximum Gasteiger partial charge on any atom is 0.203 e. The molecule has 0 unspecified atom stereocenters. The molecule has 4 rings (SSSR count). The largest absolute Gasteiger partial charge is 0.372 e. The van der Waals surface area contributed by atoms with Crippen molar-refractivity contribution in [2.75, 3.05) is 6.61 Å². The van der Waals surface area contributed by atoms with Crippen molar-refractivity contribution < 1.29 is 9.47 Å². The van der Waals surface area contributed by atoms with Crippen LogP contribution >= 0.6 is 12.2 Å². The molecule has 8 heteroatoms. The lowest BCUT2D eigenvalue weighted by Crippen LogP contribution is -2.40. The molecule has 0 aliphatic carbocycles. The van der Waals surface area contributed by atoms with E-state index in [1.807, 2.05) is 17.7 Å². The molecule has 0 amide bonds. The van der Waals surface area contributed by atoms with Crippen molar-refractivity contribution >= 4 is 12.2 Å². The first-order chi connectivity index (χ1) is 9.72. The molecule has 4 heterocycles. The van der Waals surface area contributed by atoms with E-state index in [1.54, 1.807) is 11.0 Å². The van der Waals surface area contributed by atoms with E-state index in [-0.39, 0.29) is 18.4 Å². The van der Waals surface area contributed by atoms with Gasteiger partial charge in [0.25, 0.3) is 0 Å². The van der Waals surface area contributed by atoms with Crippen LogP contribution in [0.5, 0.6) is 0 Å². The van der Waals surface area contributed by atoms with Crippen molar-refractivity contribution in [1.29, 1.82) is 0 Å². The number of hydrogen-bond donors (Lipinski definition) is 0. The molecule has 0 N–H and O–H groups in total. The van der Waals surface area contributed by atoms with E-state index in [2.05, 4.69) is 15.1 Å². The van der Waals surface area contributed by atoms with Crippen LogP contribution in [0.25, 0.3) is 5.82 Å². The zero-order valence-electron chi connectivity index (χ0n) is 10.8. The normalized spacial score (nSPS) is 28.1. The van der Waals surface area contributed by atoms with Gasteiger partial charge < -0.3 is 9.47 Å². The number of aromatic nitrogens is 5. The van der Waals surface area contributed by atoms with Crippen LogP contribution in [0.2, 0.25) is 0 Å². The minimum Gasteiger partial charge on any atom is -0.372 e. The van der Waals surface area contributed by atoms with Gasteiger partial charge in [-0.2, -0.15) is 10.1 Å². The minimum absolute atomic E-state index is 0.0870. The molecule has 2 aromatic heterocycles. The Morgan fingerprint density at radius 3 is 2.90 bits per heavy atom. The molecule has 2 saturated heterocycles. The molecule has 20 heavy (non-hydrogen) atoms. The number of rotatable bonds is 2. The summed E-state index contributed by atoms with van der Waals surface area (Å²) in [6, 6.07) is 0. The summed E-state index contributed by atoms with van der Waals surface area (Å²) in [6.07, 6.45) is 6.19. The second-order valence-corrected chi connectivity index (χ2v) is 5.38. The molecule has 104 valence electrons. The Bertz CT molecular complexity index is 686. The van der Waals surface area contributed by atoms with Crippen LogP contribution < -0.4 is 0 Å². The van der Waals surface area contributed by atoms with Gasteiger partial charge in [-0.05, 0) is 19.1 Å². The quantitative estimate of drug-likeness (QED) is 0.774. The molecule has 0 aromatic carbocycles. The summed E-state index contributed by atoms with van der Waals surface area (Å²) in [7, 11) is 0. The van der Waals surface area contributed by atoms with E-state index in [0.717, 1.165) is 12.0 Å². The third-order valence-electron chi connectivity index (χ3n) is 3.71. The summed E-state index contributed by atoms with van der Waals surface area (Å²) in [5.74, 6) is 0.695. The first-order valence-corrected chi connectivity index (χ1v) is 6.85. The van der Waals surface area contributed by atoms with Crippen LogP contribution in [-0.2, 0) is 9.47 Å². The van der Waals surface area contributed by atoms with Gasteiger partial charge in [0, 0.05) is 18.2 Å². The molecule has 0 spiro atoms. The molecule has 0 radical (unpaired) electrons. The second kappa shape index (κ2) is 4.44. The van der Waals surface area contributed by atoms with Gasteiger partial charge in [0.15, 0.2) is 5.82 Å². The van der Waals surface area contributed by atoms with Crippen LogP contribution in [0.4, 0.5) is 0 Å².